The number of amides is 7. The van der Waals surface area contributed by atoms with Gasteiger partial charge >= 0.3 is 5.97 Å². The van der Waals surface area contributed by atoms with E-state index in [1.807, 2.05) is 71.2 Å². The Kier molecular flexibility index (Phi) is 31.0. The van der Waals surface area contributed by atoms with Gasteiger partial charge < -0.3 is 58.1 Å². The number of nitrogens with two attached hydrogens (primary N) is 2. The molecule has 3 rings (SSSR count). The Bertz CT molecular complexity index is 2420. The van der Waals surface area contributed by atoms with Crippen molar-refractivity contribution >= 4 is 138 Å². The van der Waals surface area contributed by atoms with Gasteiger partial charge in [0.2, 0.25) is 41.4 Å². The van der Waals surface area contributed by atoms with Crippen molar-refractivity contribution in [2.45, 2.75) is 173 Å². The third-order valence-corrected chi connectivity index (χ3v) is 15.5. The summed E-state index contributed by atoms with van der Waals surface area (Å²) in [6.07, 6.45) is 9.75. The number of hydrogen-bond acceptors (Lipinski definition) is 11. The van der Waals surface area contributed by atoms with Gasteiger partial charge in [-0.05, 0) is 158 Å². The summed E-state index contributed by atoms with van der Waals surface area (Å²) < 4.78 is 8.92. The first-order valence-corrected chi connectivity index (χ1v) is 30.1. The number of carboxylic acids is 1. The van der Waals surface area contributed by atoms with Gasteiger partial charge in [0.05, 0.1) is 26.8 Å². The highest BCUT2D eigenvalue weighted by atomic mass is 127. The first kappa shape index (κ1) is 67.2. The van der Waals surface area contributed by atoms with E-state index in [1.54, 1.807) is 42.5 Å². The van der Waals surface area contributed by atoms with Gasteiger partial charge in [-0.3, -0.25) is 33.6 Å². The molecule has 12 N–H and O–H groups in total. The molecule has 23 heteroatoms. The van der Waals surface area contributed by atoms with E-state index in [0.717, 1.165) is 71.3 Å². The van der Waals surface area contributed by atoms with Crippen LogP contribution in [0.3, 0.4) is 0 Å². The number of unbranched alkanes of at least 4 members (excludes halogenated alkanes) is 11. The molecule has 0 bridgehead atoms. The number of aliphatic hydroxyl groups is 1. The highest BCUT2D eigenvalue weighted by molar-refractivity contribution is 14.1. The molecule has 0 aliphatic carbocycles. The van der Waals surface area contributed by atoms with E-state index in [0.29, 0.717) is 42.6 Å². The van der Waals surface area contributed by atoms with Gasteiger partial charge in [0.25, 0.3) is 0 Å². The zero-order chi connectivity index (χ0) is 57.2. The minimum absolute atomic E-state index is 0.0281. The second-order valence-electron chi connectivity index (χ2n) is 19.5. The number of aliphatic carboxylic acids is 1. The number of phenolic OH excluding ortho intramolecular Hbond substituents is 1. The number of aromatic hydroxyl groups is 1. The zero-order valence-corrected chi connectivity index (χ0v) is 52.3. The first-order valence-electron chi connectivity index (χ1n) is 25.8. The molecule has 7 amide bonds. The lowest BCUT2D eigenvalue weighted by Gasteiger charge is -2.27. The molecule has 3 aromatic carbocycles. The summed E-state index contributed by atoms with van der Waals surface area (Å²) in [5.74, 6) is -4.60. The van der Waals surface area contributed by atoms with Crippen molar-refractivity contribution in [3.8, 4) is 17.2 Å². The number of hydrogen-bond donors (Lipinski definition) is 10. The molecule has 424 valence electrons. The molecule has 0 unspecified atom stereocenters. The number of primary amides is 2. The lowest BCUT2D eigenvalue weighted by molar-refractivity contribution is -0.142. The second kappa shape index (κ2) is 35.5. The van der Waals surface area contributed by atoms with Gasteiger partial charge in [0.1, 0.15) is 41.7 Å². The molecule has 0 heterocycles. The maximum atomic E-state index is 13.7. The third kappa shape index (κ3) is 25.7. The molecular weight excluding hydrogens is 1450 g/mol. The predicted octanol–water partition coefficient (Wildman–Crippen LogP) is 7.15. The Morgan fingerprint density at radius 1 is 0.558 bits per heavy atom. The van der Waals surface area contributed by atoms with Gasteiger partial charge in [-0.2, -0.15) is 0 Å². The zero-order valence-electron chi connectivity index (χ0n) is 43.6. The van der Waals surface area contributed by atoms with Crippen LogP contribution in [0.1, 0.15) is 135 Å². The maximum Gasteiger partial charge on any atom is 0.326 e. The smallest absolute Gasteiger partial charge is 0.326 e. The minimum Gasteiger partial charge on any atom is -0.506 e. The van der Waals surface area contributed by atoms with Gasteiger partial charge in [0.15, 0.2) is 5.75 Å². The van der Waals surface area contributed by atoms with Crippen molar-refractivity contribution in [1.82, 2.24) is 26.6 Å². The van der Waals surface area contributed by atoms with Crippen LogP contribution in [0.15, 0.2) is 54.6 Å². The number of halogens is 4. The minimum atomic E-state index is -1.32. The monoisotopic (exact) mass is 1520 g/mol. The Hall–Kier alpha value is -4.10. The molecule has 0 aliphatic rings. The van der Waals surface area contributed by atoms with E-state index < -0.39 is 90.1 Å². The lowest BCUT2D eigenvalue weighted by Crippen LogP contribution is -2.59. The van der Waals surface area contributed by atoms with E-state index in [4.69, 9.17) is 16.2 Å². The number of benzene rings is 3. The summed E-state index contributed by atoms with van der Waals surface area (Å²) in [7, 11) is 0. The van der Waals surface area contributed by atoms with Crippen LogP contribution in [-0.4, -0.2) is 99.0 Å². The average Bonchev–Trinajstić information content (AvgIpc) is 3.35. The van der Waals surface area contributed by atoms with Crippen molar-refractivity contribution in [2.75, 3.05) is 0 Å². The summed E-state index contributed by atoms with van der Waals surface area (Å²) >= 11 is 8.31. The van der Waals surface area contributed by atoms with Crippen LogP contribution in [-0.2, 0) is 51.2 Å². The third-order valence-electron chi connectivity index (χ3n) is 12.3. The maximum absolute atomic E-state index is 13.7. The van der Waals surface area contributed by atoms with E-state index in [9.17, 15) is 53.7 Å². The van der Waals surface area contributed by atoms with Crippen molar-refractivity contribution in [1.29, 1.82) is 0 Å². The fraction of sp³-hybridized carbons (Fsp3) is 0.519. The van der Waals surface area contributed by atoms with Gasteiger partial charge in [-0.25, -0.2) is 4.79 Å². The fourth-order valence-electron chi connectivity index (χ4n) is 8.23. The van der Waals surface area contributed by atoms with Gasteiger partial charge in [0, 0.05) is 25.7 Å². The summed E-state index contributed by atoms with van der Waals surface area (Å²) in [6, 6.07) is 9.76. The van der Waals surface area contributed by atoms with E-state index >= 15 is 0 Å². The van der Waals surface area contributed by atoms with Crippen LogP contribution in [0.4, 0.5) is 0 Å². The van der Waals surface area contributed by atoms with Crippen molar-refractivity contribution in [3.63, 3.8) is 0 Å². The first-order chi connectivity index (χ1) is 36.4. The topological polar surface area (TPSA) is 319 Å². The SMILES string of the molecule is CC(C)C[C@H](NC(=O)[C@@H](NC(=O)CCCCCCCCCCCCCCC(=O)N[C@@H](CC(N)=O)C(=O)N[C@@H](Cc1ccccc1)C(=O)O)[C@@H](C)O)C(=O)N[C@@H](Cc1cc(I)c(Oc2cc(I)c(O)c(I)c2)c(I)c1)C(N)=O. The number of phenols is 1. The molecule has 0 spiro atoms. The fourth-order valence-corrected chi connectivity index (χ4v) is 12.1. The Morgan fingerprint density at radius 3 is 1.48 bits per heavy atom. The standard InChI is InChI=1S/C54H73I4N7O12/c1-31(2)23-41(51(72)62-40(50(60)71)27-34-24-38(57)49(39(58)25-34)77-35-28-36(55)48(70)37(56)29-35)63-53(74)47(32(3)66)65-46(69)22-18-13-11-9-7-5-4-6-8-10-12-17-21-45(68)61-42(30-44(59)67)52(73)64-43(54(75)76)26-33-19-15-14-16-20-33/h14-16,19-20,24-25,28-29,31-32,40-43,47,66,70H,4-13,17-18,21-23,26-27,30H2,1-3H3,(H2,59,67)(H2,60,71)(H,61,68)(H,62,72)(H,63,74)(H,64,73)(H,65,69)(H,75,76)/t32-,40+,41+,42+,43+,47+/m1/s1. The quantitative estimate of drug-likeness (QED) is 0.0205. The number of ether oxygens (including phenoxy) is 1. The lowest BCUT2D eigenvalue weighted by atomic mass is 10.0. The van der Waals surface area contributed by atoms with Crippen LogP contribution in [0.25, 0.3) is 0 Å². The highest BCUT2D eigenvalue weighted by Crippen LogP contribution is 2.37. The number of carbonyl (C=O) groups is 8. The molecule has 0 radical (unpaired) electrons. The Morgan fingerprint density at radius 2 is 1.01 bits per heavy atom. The summed E-state index contributed by atoms with van der Waals surface area (Å²) in [5, 5.41) is 43.3. The molecule has 19 nitrogen and oxygen atoms in total. The largest absolute Gasteiger partial charge is 0.506 e. The molecule has 0 saturated heterocycles. The molecule has 0 aromatic heterocycles. The molecule has 0 saturated carbocycles. The van der Waals surface area contributed by atoms with Gasteiger partial charge in [-0.1, -0.05) is 108 Å². The van der Waals surface area contributed by atoms with Crippen molar-refractivity contribution in [2.24, 2.45) is 17.4 Å². The summed E-state index contributed by atoms with van der Waals surface area (Å²) in [6.45, 7) is 5.12. The van der Waals surface area contributed by atoms with E-state index in [1.165, 1.54) is 6.92 Å². The Balaban J connectivity index is 1.34. The molecule has 0 fully saturated rings. The normalized spacial score (nSPS) is 13.5. The molecule has 6 atom stereocenters. The summed E-state index contributed by atoms with van der Waals surface area (Å²) in [4.78, 5) is 102. The molecule has 0 aliphatic heterocycles. The number of carbonyl (C=O) groups excluding carboxylic acids is 7. The van der Waals surface area contributed by atoms with Gasteiger partial charge in [-0.15, -0.1) is 0 Å². The average molecular weight is 1520 g/mol. The Labute approximate surface area is 505 Å². The van der Waals surface area contributed by atoms with E-state index in [-0.39, 0.29) is 43.8 Å². The van der Waals surface area contributed by atoms with E-state index in [2.05, 4.69) is 71.8 Å². The number of carboxylic acid groups (broad SMARTS) is 1. The van der Waals surface area contributed by atoms with Crippen LogP contribution in [0.5, 0.6) is 17.2 Å². The molecular formula is C54H73I4N7O12. The number of aliphatic hydroxyl groups excluding tert-OH is 1. The molecule has 3 aromatic rings. The number of rotatable bonds is 36. The second-order valence-corrected chi connectivity index (χ2v) is 24.1. The summed E-state index contributed by atoms with van der Waals surface area (Å²) in [5.41, 5.74) is 12.5. The number of nitrogens with one attached hydrogen (secondary N) is 5. The van der Waals surface area contributed by atoms with Crippen molar-refractivity contribution < 1.29 is 58.4 Å². The van der Waals surface area contributed by atoms with Crippen LogP contribution in [0, 0.1) is 20.2 Å². The van der Waals surface area contributed by atoms with Crippen LogP contribution >= 0.6 is 90.4 Å². The van der Waals surface area contributed by atoms with Crippen LogP contribution in [0.2, 0.25) is 0 Å². The molecule has 77 heavy (non-hydrogen) atoms. The predicted molar refractivity (Wildman–Crippen MR) is 325 cm³/mol. The van der Waals surface area contributed by atoms with Crippen LogP contribution < -0.4 is 42.8 Å². The highest BCUT2D eigenvalue weighted by Gasteiger charge is 2.32. The van der Waals surface area contributed by atoms with Crippen molar-refractivity contribution in [3.05, 3.63) is 80.0 Å².